The van der Waals surface area contributed by atoms with Crippen LogP contribution in [0.4, 0.5) is 0 Å². The number of nitrogens with one attached hydrogen (secondary N) is 1. The van der Waals surface area contributed by atoms with Crippen LogP contribution in [0.25, 0.3) is 22.0 Å². The Bertz CT molecular complexity index is 923. The number of nitrogens with zero attached hydrogens (tertiary/aromatic N) is 3. The summed E-state index contributed by atoms with van der Waals surface area (Å²) in [6.07, 6.45) is 7.30. The predicted molar refractivity (Wildman–Crippen MR) is 107 cm³/mol. The van der Waals surface area contributed by atoms with Crippen molar-refractivity contribution in [1.82, 2.24) is 20.5 Å². The monoisotopic (exact) mass is 382 g/mol. The number of carbonyl (C=O) groups excluding carboxylic acids is 1. The SMILES string of the molecule is COc1ccc2cc(-c3cn(CCCCCCCC(=O)NO)nn3)ccc2c1. The second-order valence-electron chi connectivity index (χ2n) is 6.85. The van der Waals surface area contributed by atoms with Crippen LogP contribution in [-0.2, 0) is 11.3 Å². The zero-order valence-electron chi connectivity index (χ0n) is 16.1. The second kappa shape index (κ2) is 9.85. The van der Waals surface area contributed by atoms with Crippen LogP contribution in [0.5, 0.6) is 5.75 Å². The third-order valence-electron chi connectivity index (χ3n) is 4.80. The molecule has 0 spiro atoms. The number of unbranched alkanes of at least 4 members (excludes halogenated alkanes) is 4. The largest absolute Gasteiger partial charge is 0.497 e. The van der Waals surface area contributed by atoms with Gasteiger partial charge < -0.3 is 4.74 Å². The second-order valence-corrected chi connectivity index (χ2v) is 6.85. The molecule has 0 radical (unpaired) electrons. The number of methoxy groups -OCH3 is 1. The van der Waals surface area contributed by atoms with Gasteiger partial charge >= 0.3 is 0 Å². The fourth-order valence-electron chi connectivity index (χ4n) is 3.20. The summed E-state index contributed by atoms with van der Waals surface area (Å²) in [6, 6.07) is 12.3. The van der Waals surface area contributed by atoms with Gasteiger partial charge in [-0.25, -0.2) is 5.48 Å². The van der Waals surface area contributed by atoms with Crippen LogP contribution in [0.2, 0.25) is 0 Å². The molecule has 0 aliphatic rings. The number of benzene rings is 2. The lowest BCUT2D eigenvalue weighted by atomic mass is 10.1. The Balaban J connectivity index is 1.48. The number of carbonyl (C=O) groups is 1. The molecular weight excluding hydrogens is 356 g/mol. The van der Waals surface area contributed by atoms with Crippen molar-refractivity contribution in [1.29, 1.82) is 0 Å². The molecule has 1 amide bonds. The number of aryl methyl sites for hydroxylation is 1. The van der Waals surface area contributed by atoms with Crippen molar-refractivity contribution in [2.45, 2.75) is 45.1 Å². The average Bonchev–Trinajstić information content (AvgIpc) is 3.21. The van der Waals surface area contributed by atoms with Crippen LogP contribution in [0.3, 0.4) is 0 Å². The van der Waals surface area contributed by atoms with E-state index in [0.717, 1.165) is 66.4 Å². The highest BCUT2D eigenvalue weighted by atomic mass is 16.5. The van der Waals surface area contributed by atoms with Crippen LogP contribution < -0.4 is 10.2 Å². The van der Waals surface area contributed by atoms with Crippen LogP contribution in [0.15, 0.2) is 42.6 Å². The fraction of sp³-hybridized carbons (Fsp3) is 0.381. The minimum Gasteiger partial charge on any atom is -0.497 e. The minimum atomic E-state index is -0.317. The normalized spacial score (nSPS) is 10.9. The van der Waals surface area contributed by atoms with Gasteiger partial charge in [-0.3, -0.25) is 14.7 Å². The minimum absolute atomic E-state index is 0.317. The zero-order chi connectivity index (χ0) is 19.8. The Kier molecular flexibility index (Phi) is 6.97. The van der Waals surface area contributed by atoms with Gasteiger partial charge in [-0.05, 0) is 41.8 Å². The van der Waals surface area contributed by atoms with Crippen LogP contribution in [0.1, 0.15) is 38.5 Å². The Hall–Kier alpha value is -2.93. The average molecular weight is 382 g/mol. The highest BCUT2D eigenvalue weighted by Crippen LogP contribution is 2.26. The quantitative estimate of drug-likeness (QED) is 0.315. The Morgan fingerprint density at radius 1 is 1.07 bits per heavy atom. The summed E-state index contributed by atoms with van der Waals surface area (Å²) in [5.74, 6) is 0.533. The third-order valence-corrected chi connectivity index (χ3v) is 4.80. The van der Waals surface area contributed by atoms with Gasteiger partial charge in [0.25, 0.3) is 0 Å². The van der Waals surface area contributed by atoms with Crippen LogP contribution in [0, 0.1) is 0 Å². The van der Waals surface area contributed by atoms with Crippen molar-refractivity contribution in [2.24, 2.45) is 0 Å². The van der Waals surface area contributed by atoms with Gasteiger partial charge in [0.1, 0.15) is 11.4 Å². The summed E-state index contributed by atoms with van der Waals surface area (Å²) in [5.41, 5.74) is 3.57. The molecule has 0 aliphatic heterocycles. The van der Waals surface area contributed by atoms with E-state index in [2.05, 4.69) is 28.5 Å². The smallest absolute Gasteiger partial charge is 0.243 e. The van der Waals surface area contributed by atoms with Crippen molar-refractivity contribution in [3.05, 3.63) is 42.6 Å². The van der Waals surface area contributed by atoms with E-state index in [9.17, 15) is 4.79 Å². The number of hydrogen-bond acceptors (Lipinski definition) is 5. The number of aromatic nitrogens is 3. The van der Waals surface area contributed by atoms with Crippen molar-refractivity contribution >= 4 is 16.7 Å². The van der Waals surface area contributed by atoms with Gasteiger partial charge in [0, 0.05) is 18.5 Å². The molecule has 1 aromatic heterocycles. The van der Waals surface area contributed by atoms with Gasteiger partial charge in [0.2, 0.25) is 5.91 Å². The number of ether oxygens (including phenoxy) is 1. The zero-order valence-corrected chi connectivity index (χ0v) is 16.1. The van der Waals surface area contributed by atoms with Gasteiger partial charge in [0.15, 0.2) is 0 Å². The molecule has 28 heavy (non-hydrogen) atoms. The molecule has 0 saturated carbocycles. The highest BCUT2D eigenvalue weighted by Gasteiger charge is 2.06. The number of hydrogen-bond donors (Lipinski definition) is 2. The summed E-state index contributed by atoms with van der Waals surface area (Å²) < 4.78 is 7.15. The van der Waals surface area contributed by atoms with Gasteiger partial charge in [-0.15, -0.1) is 5.10 Å². The van der Waals surface area contributed by atoms with E-state index in [4.69, 9.17) is 9.94 Å². The molecule has 2 N–H and O–H groups in total. The van der Waals surface area contributed by atoms with Crippen LogP contribution in [-0.4, -0.2) is 33.2 Å². The lowest BCUT2D eigenvalue weighted by Crippen LogP contribution is -2.17. The maximum Gasteiger partial charge on any atom is 0.243 e. The van der Waals surface area contributed by atoms with Gasteiger partial charge in [0.05, 0.1) is 13.3 Å². The van der Waals surface area contributed by atoms with E-state index >= 15 is 0 Å². The van der Waals surface area contributed by atoms with Crippen molar-refractivity contribution in [2.75, 3.05) is 7.11 Å². The molecule has 3 rings (SSSR count). The maximum absolute atomic E-state index is 10.9. The summed E-state index contributed by atoms with van der Waals surface area (Å²) in [5, 5.41) is 19.3. The summed E-state index contributed by atoms with van der Waals surface area (Å²) in [7, 11) is 1.67. The molecule has 0 aliphatic carbocycles. The first kappa shape index (κ1) is 19.8. The predicted octanol–water partition coefficient (Wildman–Crippen LogP) is 3.95. The van der Waals surface area contributed by atoms with E-state index < -0.39 is 0 Å². The lowest BCUT2D eigenvalue weighted by molar-refractivity contribution is -0.129. The number of amides is 1. The van der Waals surface area contributed by atoms with E-state index in [1.165, 1.54) is 0 Å². The maximum atomic E-state index is 10.9. The molecule has 2 aromatic carbocycles. The molecule has 0 atom stereocenters. The molecule has 0 saturated heterocycles. The Labute approximate surface area is 164 Å². The van der Waals surface area contributed by atoms with Gasteiger partial charge in [-0.1, -0.05) is 42.7 Å². The van der Waals surface area contributed by atoms with E-state index in [1.807, 2.05) is 29.1 Å². The Morgan fingerprint density at radius 3 is 2.64 bits per heavy atom. The summed E-state index contributed by atoms with van der Waals surface area (Å²) in [6.45, 7) is 0.828. The Morgan fingerprint density at radius 2 is 1.82 bits per heavy atom. The van der Waals surface area contributed by atoms with E-state index in [-0.39, 0.29) is 5.91 Å². The molecule has 0 fully saturated rings. The van der Waals surface area contributed by atoms with E-state index in [1.54, 1.807) is 12.6 Å². The summed E-state index contributed by atoms with van der Waals surface area (Å²) >= 11 is 0. The molecule has 1 heterocycles. The van der Waals surface area contributed by atoms with Crippen molar-refractivity contribution in [3.8, 4) is 17.0 Å². The number of fused-ring (bicyclic) bond motifs is 1. The highest BCUT2D eigenvalue weighted by molar-refractivity contribution is 5.87. The molecular formula is C21H26N4O3. The molecule has 0 unspecified atom stereocenters. The lowest BCUT2D eigenvalue weighted by Gasteiger charge is -2.04. The first-order chi connectivity index (χ1) is 13.7. The van der Waals surface area contributed by atoms with Crippen LogP contribution >= 0.6 is 0 Å². The molecule has 148 valence electrons. The van der Waals surface area contributed by atoms with Gasteiger partial charge in [-0.2, -0.15) is 0 Å². The van der Waals surface area contributed by atoms with Crippen molar-refractivity contribution in [3.63, 3.8) is 0 Å². The molecule has 3 aromatic rings. The first-order valence-corrected chi connectivity index (χ1v) is 9.61. The number of rotatable bonds is 10. The summed E-state index contributed by atoms with van der Waals surface area (Å²) in [4.78, 5) is 10.9. The molecule has 0 bridgehead atoms. The fourth-order valence-corrected chi connectivity index (χ4v) is 3.20. The molecule has 7 nitrogen and oxygen atoms in total. The third kappa shape index (κ3) is 5.29. The number of hydroxylamine groups is 1. The first-order valence-electron chi connectivity index (χ1n) is 9.61. The van der Waals surface area contributed by atoms with E-state index in [0.29, 0.717) is 6.42 Å². The standard InChI is InChI=1S/C21H26N4O3/c1-28-19-11-10-16-13-18(9-8-17(16)14-19)20-15-25(24-22-20)12-6-4-2-3-5-7-21(26)23-27/h8-11,13-15,27H,2-7,12H2,1H3,(H,23,26). The topological polar surface area (TPSA) is 89.3 Å². The molecule has 7 heteroatoms. The van der Waals surface area contributed by atoms with Crippen molar-refractivity contribution < 1.29 is 14.7 Å².